The van der Waals surface area contributed by atoms with Crippen LogP contribution in [0.25, 0.3) is 10.9 Å². The molecule has 4 rings (SSSR count). The van der Waals surface area contributed by atoms with Crippen LogP contribution in [-0.2, 0) is 16.1 Å². The normalized spacial score (nSPS) is 20.4. The van der Waals surface area contributed by atoms with Gasteiger partial charge in [-0.15, -0.1) is 0 Å². The second-order valence-electron chi connectivity index (χ2n) is 8.98. The number of aliphatic hydroxyl groups excluding tert-OH is 2. The van der Waals surface area contributed by atoms with Crippen LogP contribution in [-0.4, -0.2) is 52.5 Å². The minimum Gasteiger partial charge on any atom is -0.466 e. The van der Waals surface area contributed by atoms with E-state index in [4.69, 9.17) is 4.74 Å². The van der Waals surface area contributed by atoms with Gasteiger partial charge in [-0.3, -0.25) is 0 Å². The van der Waals surface area contributed by atoms with Gasteiger partial charge in [0.05, 0.1) is 24.9 Å². The van der Waals surface area contributed by atoms with Crippen molar-refractivity contribution in [1.29, 1.82) is 0 Å². The summed E-state index contributed by atoms with van der Waals surface area (Å²) in [4.78, 5) is 14.5. The lowest BCUT2D eigenvalue weighted by Gasteiger charge is -2.38. The highest BCUT2D eigenvalue weighted by Crippen LogP contribution is 2.38. The Morgan fingerprint density at radius 2 is 1.82 bits per heavy atom. The molecule has 0 radical (unpaired) electrons. The van der Waals surface area contributed by atoms with Gasteiger partial charge in [-0.25, -0.2) is 4.79 Å². The van der Waals surface area contributed by atoms with Crippen molar-refractivity contribution in [1.82, 2.24) is 9.47 Å². The average molecular weight is 449 g/mol. The van der Waals surface area contributed by atoms with E-state index in [1.165, 1.54) is 7.11 Å². The van der Waals surface area contributed by atoms with E-state index in [0.717, 1.165) is 22.2 Å². The number of hydrogen-bond donors (Lipinski definition) is 2. The fourth-order valence-corrected chi connectivity index (χ4v) is 5.00. The number of ether oxygens (including phenoxy) is 1. The second kappa shape index (κ2) is 9.81. The van der Waals surface area contributed by atoms with Gasteiger partial charge in [0.25, 0.3) is 0 Å². The Morgan fingerprint density at radius 1 is 1.12 bits per heavy atom. The Bertz CT molecular complexity index is 1140. The number of nitrogens with zero attached hydrogens (tertiary/aromatic N) is 2. The zero-order chi connectivity index (χ0) is 23.5. The van der Waals surface area contributed by atoms with Gasteiger partial charge in [-0.1, -0.05) is 48.5 Å². The standard InChI is InChI=1S/C27H32N2O4/c1-18(30)22-16-28(2)17-23(27(32)33-3)21(22)14-26(31)25-13-20-11-7-8-12-24(20)29(25)15-19-9-5-4-6-10-19/h4-13,17-18,21-22,26,30-31H,14-16H2,1-3H3/t18?,21-,22+,26?/m0/s1. The van der Waals surface area contributed by atoms with Crippen LogP contribution in [0.1, 0.15) is 30.7 Å². The summed E-state index contributed by atoms with van der Waals surface area (Å²) in [5.41, 5.74) is 3.48. The van der Waals surface area contributed by atoms with Crippen LogP contribution in [0, 0.1) is 11.8 Å². The van der Waals surface area contributed by atoms with Gasteiger partial charge in [0.1, 0.15) is 0 Å². The summed E-state index contributed by atoms with van der Waals surface area (Å²) >= 11 is 0. The largest absolute Gasteiger partial charge is 0.466 e. The molecule has 2 N–H and O–H groups in total. The van der Waals surface area contributed by atoms with Gasteiger partial charge < -0.3 is 24.4 Å². The molecular formula is C27H32N2O4. The molecular weight excluding hydrogens is 416 g/mol. The summed E-state index contributed by atoms with van der Waals surface area (Å²) in [7, 11) is 3.24. The van der Waals surface area contributed by atoms with Crippen LogP contribution in [0.5, 0.6) is 0 Å². The summed E-state index contributed by atoms with van der Waals surface area (Å²) in [5, 5.41) is 23.0. The quantitative estimate of drug-likeness (QED) is 0.539. The fourth-order valence-electron chi connectivity index (χ4n) is 5.00. The SMILES string of the molecule is COC(=O)C1=CN(C)C[C@H](C(C)O)[C@@H]1CC(O)c1cc2ccccc2n1Cc1ccccc1. The molecule has 0 saturated carbocycles. The first-order chi connectivity index (χ1) is 15.9. The van der Waals surface area contributed by atoms with Gasteiger partial charge in [-0.2, -0.15) is 0 Å². The van der Waals surface area contributed by atoms with Crippen molar-refractivity contribution in [3.8, 4) is 0 Å². The molecule has 1 aliphatic heterocycles. The molecule has 4 atom stereocenters. The number of aromatic nitrogens is 1. The Hall–Kier alpha value is -3.09. The minimum atomic E-state index is -0.816. The van der Waals surface area contributed by atoms with E-state index >= 15 is 0 Å². The van der Waals surface area contributed by atoms with Gasteiger partial charge in [0, 0.05) is 49.4 Å². The Kier molecular flexibility index (Phi) is 6.86. The summed E-state index contributed by atoms with van der Waals surface area (Å²) in [6.07, 6.45) is 0.647. The third-order valence-corrected chi connectivity index (χ3v) is 6.66. The minimum absolute atomic E-state index is 0.198. The predicted octanol–water partition coefficient (Wildman–Crippen LogP) is 3.73. The maximum atomic E-state index is 12.6. The predicted molar refractivity (Wildman–Crippen MR) is 128 cm³/mol. The van der Waals surface area contributed by atoms with E-state index in [0.29, 0.717) is 25.1 Å². The molecule has 2 heterocycles. The number of hydrogen-bond acceptors (Lipinski definition) is 5. The van der Waals surface area contributed by atoms with E-state index in [-0.39, 0.29) is 11.8 Å². The zero-order valence-electron chi connectivity index (χ0n) is 19.4. The molecule has 0 amide bonds. The highest BCUT2D eigenvalue weighted by atomic mass is 16.5. The first kappa shape index (κ1) is 23.1. The third kappa shape index (κ3) is 4.82. The van der Waals surface area contributed by atoms with Crippen LogP contribution in [0.4, 0.5) is 0 Å². The monoisotopic (exact) mass is 448 g/mol. The van der Waals surface area contributed by atoms with E-state index < -0.39 is 18.2 Å². The maximum Gasteiger partial charge on any atom is 0.335 e. The van der Waals surface area contributed by atoms with Crippen molar-refractivity contribution in [2.45, 2.75) is 32.1 Å². The number of rotatable bonds is 7. The van der Waals surface area contributed by atoms with Crippen molar-refractivity contribution < 1.29 is 19.7 Å². The van der Waals surface area contributed by atoms with Crippen LogP contribution in [0.3, 0.4) is 0 Å². The lowest BCUT2D eigenvalue weighted by atomic mass is 9.76. The molecule has 0 saturated heterocycles. The number of fused-ring (bicyclic) bond motifs is 1. The van der Waals surface area contributed by atoms with E-state index in [1.54, 1.807) is 13.1 Å². The highest BCUT2D eigenvalue weighted by Gasteiger charge is 2.38. The molecule has 2 aromatic carbocycles. The van der Waals surface area contributed by atoms with Gasteiger partial charge in [0.2, 0.25) is 0 Å². The molecule has 6 nitrogen and oxygen atoms in total. The first-order valence-corrected chi connectivity index (χ1v) is 11.4. The molecule has 0 fully saturated rings. The molecule has 6 heteroatoms. The molecule has 1 aromatic heterocycles. The smallest absolute Gasteiger partial charge is 0.335 e. The second-order valence-corrected chi connectivity index (χ2v) is 8.98. The molecule has 2 unspecified atom stereocenters. The van der Waals surface area contributed by atoms with Crippen molar-refractivity contribution in [3.63, 3.8) is 0 Å². The molecule has 174 valence electrons. The van der Waals surface area contributed by atoms with Gasteiger partial charge in [0.15, 0.2) is 0 Å². The van der Waals surface area contributed by atoms with Gasteiger partial charge >= 0.3 is 5.97 Å². The third-order valence-electron chi connectivity index (χ3n) is 6.66. The molecule has 3 aromatic rings. The molecule has 0 spiro atoms. The number of benzene rings is 2. The summed E-state index contributed by atoms with van der Waals surface area (Å²) in [6, 6.07) is 20.3. The number of esters is 1. The number of para-hydroxylation sites is 1. The topological polar surface area (TPSA) is 74.9 Å². The van der Waals surface area contributed by atoms with Gasteiger partial charge in [-0.05, 0) is 36.4 Å². The maximum absolute atomic E-state index is 12.6. The lowest BCUT2D eigenvalue weighted by Crippen LogP contribution is -2.42. The number of carbonyl (C=O) groups is 1. The first-order valence-electron chi connectivity index (χ1n) is 11.4. The zero-order valence-corrected chi connectivity index (χ0v) is 19.4. The molecule has 0 bridgehead atoms. The summed E-state index contributed by atoms with van der Waals surface area (Å²) in [5.74, 6) is -0.947. The fraction of sp³-hybridized carbons (Fsp3) is 0.370. The van der Waals surface area contributed by atoms with Crippen molar-refractivity contribution in [2.75, 3.05) is 20.7 Å². The van der Waals surface area contributed by atoms with E-state index in [2.05, 4.69) is 22.8 Å². The Morgan fingerprint density at radius 3 is 2.52 bits per heavy atom. The van der Waals surface area contributed by atoms with Crippen molar-refractivity contribution >= 4 is 16.9 Å². The average Bonchev–Trinajstić information content (AvgIpc) is 3.18. The van der Waals surface area contributed by atoms with E-state index in [9.17, 15) is 15.0 Å². The summed E-state index contributed by atoms with van der Waals surface area (Å²) in [6.45, 7) is 2.97. The van der Waals surface area contributed by atoms with Crippen LogP contribution in [0.15, 0.2) is 72.4 Å². The number of carbonyl (C=O) groups excluding carboxylic acids is 1. The lowest BCUT2D eigenvalue weighted by molar-refractivity contribution is -0.137. The summed E-state index contributed by atoms with van der Waals surface area (Å²) < 4.78 is 7.17. The molecule has 1 aliphatic rings. The Balaban J connectivity index is 1.71. The molecule has 33 heavy (non-hydrogen) atoms. The number of aliphatic hydroxyl groups is 2. The number of methoxy groups -OCH3 is 1. The van der Waals surface area contributed by atoms with Crippen molar-refractivity contribution in [3.05, 3.63) is 83.7 Å². The van der Waals surface area contributed by atoms with Crippen molar-refractivity contribution in [2.24, 2.45) is 11.8 Å². The van der Waals surface area contributed by atoms with Crippen LogP contribution < -0.4 is 0 Å². The van der Waals surface area contributed by atoms with Crippen LogP contribution in [0.2, 0.25) is 0 Å². The highest BCUT2D eigenvalue weighted by molar-refractivity contribution is 5.89. The Labute approximate surface area is 194 Å². The molecule has 0 aliphatic carbocycles. The van der Waals surface area contributed by atoms with Crippen LogP contribution >= 0.6 is 0 Å². The van der Waals surface area contributed by atoms with E-state index in [1.807, 2.05) is 54.4 Å².